The predicted octanol–water partition coefficient (Wildman–Crippen LogP) is 5.03. The Morgan fingerprint density at radius 2 is 1.45 bits per heavy atom. The highest BCUT2D eigenvalue weighted by Gasteiger charge is 2.32. The van der Waals surface area contributed by atoms with E-state index in [0.717, 1.165) is 77.8 Å². The number of nitrogens with two attached hydrogens (primary N) is 1. The molecule has 2 aromatic heterocycles. The van der Waals surface area contributed by atoms with Crippen LogP contribution in [0.3, 0.4) is 0 Å². The molecule has 0 bridgehead atoms. The van der Waals surface area contributed by atoms with Gasteiger partial charge < -0.3 is 35.8 Å². The third-order valence-corrected chi connectivity index (χ3v) is 14.1. The Morgan fingerprint density at radius 3 is 2.14 bits per heavy atom. The summed E-state index contributed by atoms with van der Waals surface area (Å²) in [5.41, 5.74) is 8.42. The molecule has 0 spiro atoms. The molecule has 5 amide bonds. The monoisotopic (exact) mass is 967 g/mol. The normalized spacial score (nSPS) is 19.2. The molecule has 0 aliphatic carbocycles. The lowest BCUT2D eigenvalue weighted by atomic mass is 9.91. The molecular weight excluding hydrogens is 910 g/mol. The van der Waals surface area contributed by atoms with Gasteiger partial charge >= 0.3 is 5.97 Å². The highest BCUT2D eigenvalue weighted by Crippen LogP contribution is 2.30. The van der Waals surface area contributed by atoms with Crippen LogP contribution >= 0.6 is 0 Å². The van der Waals surface area contributed by atoms with Crippen LogP contribution in [0.5, 0.6) is 0 Å². The maximum Gasteiger partial charge on any atom is 0.361 e. The number of piperidine rings is 4. The molecule has 3 aromatic carbocycles. The summed E-state index contributed by atoms with van der Waals surface area (Å²) in [6.07, 6.45) is 10.2. The number of imide groups is 1. The standard InChI is InChI=1S/C52H58FN11O7/c53-39-9-11-40(12-10-39)57-50(68)46(35-5-2-1-3-6-35)71-52(70)45-47(54)55-29-43(58-45)38-28-56-64(32-38)41-19-23-62(24-20-41)30-33-15-21-61(22-16-33)31-34-17-25-63(26-18-34)51(69)37-8-4-7-36(27-37)48(66)59-42-13-14-44(65)60-49(42)67/h1-12,27-29,32-34,41-42,46H,13-26,30-31H2,(H2,54,55)(H,57,68)(H,59,66)(H,60,65,67)/t42?,46-/m1/s1. The highest BCUT2D eigenvalue weighted by atomic mass is 19.1. The number of hydrogen-bond acceptors (Lipinski definition) is 13. The Balaban J connectivity index is 0.701. The van der Waals surface area contributed by atoms with Crippen molar-refractivity contribution in [3.63, 3.8) is 0 Å². The smallest absolute Gasteiger partial charge is 0.361 e. The first kappa shape index (κ1) is 48.6. The summed E-state index contributed by atoms with van der Waals surface area (Å²) >= 11 is 0. The summed E-state index contributed by atoms with van der Waals surface area (Å²) < 4.78 is 21.2. The molecule has 0 saturated carbocycles. The lowest BCUT2D eigenvalue weighted by Crippen LogP contribution is -2.52. The zero-order chi connectivity index (χ0) is 49.4. The van der Waals surface area contributed by atoms with Crippen molar-refractivity contribution in [1.29, 1.82) is 0 Å². The van der Waals surface area contributed by atoms with Gasteiger partial charge in [-0.3, -0.25) is 34.0 Å². The molecule has 18 nitrogen and oxygen atoms in total. The maximum absolute atomic E-state index is 13.6. The Bertz CT molecular complexity index is 2730. The van der Waals surface area contributed by atoms with Crippen molar-refractivity contribution in [2.75, 3.05) is 63.4 Å². The molecule has 370 valence electrons. The van der Waals surface area contributed by atoms with Crippen molar-refractivity contribution in [2.45, 2.75) is 69.6 Å². The molecule has 19 heteroatoms. The second-order valence-electron chi connectivity index (χ2n) is 19.0. The number of aromatic nitrogens is 4. The quantitative estimate of drug-likeness (QED) is 0.0847. The number of rotatable bonds is 14. The van der Waals surface area contributed by atoms with E-state index in [1.807, 2.05) is 15.8 Å². The van der Waals surface area contributed by atoms with Gasteiger partial charge in [-0.05, 0) is 112 Å². The number of nitrogen functional groups attached to an aromatic ring is 1. The summed E-state index contributed by atoms with van der Waals surface area (Å²) in [6.45, 7) is 7.49. The number of halogens is 1. The minimum absolute atomic E-state index is 0.105. The largest absolute Gasteiger partial charge is 0.442 e. The van der Waals surface area contributed by atoms with Gasteiger partial charge in [0, 0.05) is 79.8 Å². The Kier molecular flexibility index (Phi) is 15.2. The van der Waals surface area contributed by atoms with Crippen LogP contribution in [0.1, 0.15) is 100 Å². The number of esters is 1. The number of ether oxygens (including phenoxy) is 1. The van der Waals surface area contributed by atoms with Crippen LogP contribution in [0.4, 0.5) is 15.9 Å². The highest BCUT2D eigenvalue weighted by molar-refractivity contribution is 6.05. The summed E-state index contributed by atoms with van der Waals surface area (Å²) in [6, 6.07) is 19.8. The van der Waals surface area contributed by atoms with Gasteiger partial charge in [-0.15, -0.1) is 0 Å². The summed E-state index contributed by atoms with van der Waals surface area (Å²) in [5, 5.41) is 12.3. The van der Waals surface area contributed by atoms with Crippen LogP contribution in [-0.4, -0.2) is 128 Å². The molecule has 5 N–H and O–H groups in total. The number of nitrogens with one attached hydrogen (secondary N) is 3. The van der Waals surface area contributed by atoms with Gasteiger partial charge in [0.05, 0.1) is 24.1 Å². The van der Waals surface area contributed by atoms with Gasteiger partial charge in [-0.1, -0.05) is 36.4 Å². The van der Waals surface area contributed by atoms with Crippen molar-refractivity contribution in [2.24, 2.45) is 11.8 Å². The third-order valence-electron chi connectivity index (χ3n) is 14.1. The lowest BCUT2D eigenvalue weighted by Gasteiger charge is -2.39. The fourth-order valence-corrected chi connectivity index (χ4v) is 9.98. The summed E-state index contributed by atoms with van der Waals surface area (Å²) in [4.78, 5) is 92.8. The number of likely N-dealkylation sites (tertiary alicyclic amines) is 3. The Morgan fingerprint density at radius 1 is 0.789 bits per heavy atom. The van der Waals surface area contributed by atoms with E-state index in [0.29, 0.717) is 58.6 Å². The average Bonchev–Trinajstić information content (AvgIpc) is 3.89. The van der Waals surface area contributed by atoms with Crippen molar-refractivity contribution < 1.29 is 37.9 Å². The number of benzene rings is 3. The van der Waals surface area contributed by atoms with Crippen LogP contribution < -0.4 is 21.7 Å². The van der Waals surface area contributed by atoms with E-state index >= 15 is 0 Å². The lowest BCUT2D eigenvalue weighted by molar-refractivity contribution is -0.134. The van der Waals surface area contributed by atoms with Crippen molar-refractivity contribution in [3.8, 4) is 11.3 Å². The number of amides is 5. The molecule has 6 heterocycles. The molecule has 2 atom stereocenters. The maximum atomic E-state index is 13.6. The SMILES string of the molecule is Nc1ncc(-c2cnn(C3CCN(CC4CCN(CC5CCN(C(=O)c6cccc(C(=O)NC7CCC(=O)NC7=O)c6)CC5)CC4)CC3)c2)nc1C(=O)O[C@@H](C(=O)Nc1ccc(F)cc1)c1ccccc1. The summed E-state index contributed by atoms with van der Waals surface area (Å²) in [5.74, 6) is -2.46. The van der Waals surface area contributed by atoms with E-state index < -0.39 is 41.7 Å². The van der Waals surface area contributed by atoms with Gasteiger partial charge in [0.15, 0.2) is 11.5 Å². The first-order valence-corrected chi connectivity index (χ1v) is 24.4. The second-order valence-corrected chi connectivity index (χ2v) is 19.0. The number of carbonyl (C=O) groups excluding carboxylic acids is 6. The zero-order valence-corrected chi connectivity index (χ0v) is 39.4. The molecule has 4 saturated heterocycles. The van der Waals surface area contributed by atoms with Crippen molar-refractivity contribution >= 4 is 47.0 Å². The van der Waals surface area contributed by atoms with E-state index in [1.54, 1.807) is 60.8 Å². The minimum atomic E-state index is -1.36. The molecule has 4 fully saturated rings. The van der Waals surface area contributed by atoms with Crippen LogP contribution in [0.15, 0.2) is 97.5 Å². The van der Waals surface area contributed by atoms with Gasteiger partial charge in [0.2, 0.25) is 17.9 Å². The number of nitrogens with zero attached hydrogens (tertiary/aromatic N) is 7. The number of anilines is 2. The van der Waals surface area contributed by atoms with E-state index in [2.05, 4.69) is 40.8 Å². The molecular formula is C52H58FN11O7. The predicted molar refractivity (Wildman–Crippen MR) is 260 cm³/mol. The van der Waals surface area contributed by atoms with E-state index in [-0.39, 0.29) is 42.2 Å². The Hall–Kier alpha value is -7.38. The fourth-order valence-electron chi connectivity index (χ4n) is 9.98. The fraction of sp³-hybridized carbons (Fsp3) is 0.404. The molecule has 0 radical (unpaired) electrons. The van der Waals surface area contributed by atoms with Crippen LogP contribution in [-0.2, 0) is 19.1 Å². The van der Waals surface area contributed by atoms with Crippen LogP contribution in [0, 0.1) is 17.7 Å². The third kappa shape index (κ3) is 12.2. The van der Waals surface area contributed by atoms with Gasteiger partial charge in [-0.2, -0.15) is 5.10 Å². The van der Waals surface area contributed by atoms with Crippen molar-refractivity contribution in [3.05, 3.63) is 126 Å². The first-order valence-electron chi connectivity index (χ1n) is 24.4. The molecule has 5 aromatic rings. The zero-order valence-electron chi connectivity index (χ0n) is 39.4. The van der Waals surface area contributed by atoms with E-state index in [4.69, 9.17) is 10.5 Å². The molecule has 4 aliphatic heterocycles. The Labute approximate surface area is 410 Å². The van der Waals surface area contributed by atoms with Crippen molar-refractivity contribution in [1.82, 2.24) is 45.1 Å². The van der Waals surface area contributed by atoms with Gasteiger partial charge in [0.1, 0.15) is 11.9 Å². The van der Waals surface area contributed by atoms with E-state index in [1.165, 1.54) is 30.5 Å². The summed E-state index contributed by atoms with van der Waals surface area (Å²) in [7, 11) is 0. The average molecular weight is 968 g/mol. The number of carbonyl (C=O) groups is 6. The van der Waals surface area contributed by atoms with E-state index in [9.17, 15) is 33.2 Å². The molecule has 9 rings (SSSR count). The first-order chi connectivity index (χ1) is 34.4. The van der Waals surface area contributed by atoms with Gasteiger partial charge in [-0.25, -0.2) is 19.2 Å². The molecule has 4 aliphatic rings. The van der Waals surface area contributed by atoms with Crippen LogP contribution in [0.2, 0.25) is 0 Å². The molecule has 71 heavy (non-hydrogen) atoms. The molecule has 1 unspecified atom stereocenters. The minimum Gasteiger partial charge on any atom is -0.442 e. The second kappa shape index (κ2) is 22.1. The van der Waals surface area contributed by atoms with Gasteiger partial charge in [0.25, 0.3) is 17.7 Å². The topological polar surface area (TPSA) is 227 Å². The van der Waals surface area contributed by atoms with Crippen LogP contribution in [0.25, 0.3) is 11.3 Å². The number of hydrogen-bond donors (Lipinski definition) is 4.